The molecular formula is C17H28N2O. The van der Waals surface area contributed by atoms with Crippen LogP contribution in [0, 0.1) is 5.92 Å². The Morgan fingerprint density at radius 3 is 2.60 bits per heavy atom. The predicted molar refractivity (Wildman–Crippen MR) is 81.8 cm³/mol. The minimum Gasteiger partial charge on any atom is -0.464 e. The lowest BCUT2D eigenvalue weighted by Gasteiger charge is -2.36. The number of hydrogen-bond acceptors (Lipinski definition) is 3. The van der Waals surface area contributed by atoms with Crippen molar-refractivity contribution in [3.8, 4) is 0 Å². The molecule has 2 aliphatic carbocycles. The van der Waals surface area contributed by atoms with E-state index in [-0.39, 0.29) is 0 Å². The summed E-state index contributed by atoms with van der Waals surface area (Å²) in [5, 5.41) is 3.61. The van der Waals surface area contributed by atoms with Gasteiger partial charge < -0.3 is 14.6 Å². The standard InChI is InChI=1S/C17H28N2O/c1-13-10-15(13)16-7-6-14(20-16)11-18-12-17(19(2)3)8-4-5-9-17/h6-7,13,15,18H,4-5,8-12H2,1-3H3. The number of furan rings is 1. The SMILES string of the molecule is CC1CC1c1ccc(CNCC2(N(C)C)CCCC2)o1. The molecule has 2 saturated carbocycles. The Balaban J connectivity index is 1.50. The molecular weight excluding hydrogens is 248 g/mol. The fourth-order valence-electron chi connectivity index (χ4n) is 3.64. The van der Waals surface area contributed by atoms with Gasteiger partial charge in [-0.15, -0.1) is 0 Å². The summed E-state index contributed by atoms with van der Waals surface area (Å²) >= 11 is 0. The van der Waals surface area contributed by atoms with E-state index in [2.05, 4.69) is 43.4 Å². The lowest BCUT2D eigenvalue weighted by atomic mass is 9.96. The molecule has 3 rings (SSSR count). The van der Waals surface area contributed by atoms with E-state index in [1.54, 1.807) is 0 Å². The van der Waals surface area contributed by atoms with E-state index in [1.165, 1.54) is 37.9 Å². The number of likely N-dealkylation sites (N-methyl/N-ethyl adjacent to an activating group) is 1. The summed E-state index contributed by atoms with van der Waals surface area (Å²) in [6, 6.07) is 4.31. The first-order valence-electron chi connectivity index (χ1n) is 8.07. The van der Waals surface area contributed by atoms with Gasteiger partial charge in [0.15, 0.2) is 0 Å². The average molecular weight is 276 g/mol. The second-order valence-electron chi connectivity index (χ2n) is 7.05. The fourth-order valence-corrected chi connectivity index (χ4v) is 3.64. The highest BCUT2D eigenvalue weighted by Crippen LogP contribution is 2.47. The highest BCUT2D eigenvalue weighted by Gasteiger charge is 2.37. The summed E-state index contributed by atoms with van der Waals surface area (Å²) in [7, 11) is 4.43. The molecule has 0 spiro atoms. The lowest BCUT2D eigenvalue weighted by molar-refractivity contribution is 0.152. The van der Waals surface area contributed by atoms with Gasteiger partial charge in [0.2, 0.25) is 0 Å². The van der Waals surface area contributed by atoms with Gasteiger partial charge >= 0.3 is 0 Å². The quantitative estimate of drug-likeness (QED) is 0.863. The fraction of sp³-hybridized carbons (Fsp3) is 0.765. The molecule has 0 saturated heterocycles. The first-order valence-corrected chi connectivity index (χ1v) is 8.07. The van der Waals surface area contributed by atoms with Gasteiger partial charge in [0.25, 0.3) is 0 Å². The molecule has 2 unspecified atom stereocenters. The van der Waals surface area contributed by atoms with E-state index in [1.807, 2.05) is 0 Å². The topological polar surface area (TPSA) is 28.4 Å². The number of rotatable bonds is 6. The van der Waals surface area contributed by atoms with Gasteiger partial charge in [-0.2, -0.15) is 0 Å². The van der Waals surface area contributed by atoms with Crippen molar-refractivity contribution < 1.29 is 4.42 Å². The molecule has 3 nitrogen and oxygen atoms in total. The Kier molecular flexibility index (Phi) is 3.91. The Bertz CT molecular complexity index is 446. The number of hydrogen-bond donors (Lipinski definition) is 1. The Labute approximate surface area is 122 Å². The van der Waals surface area contributed by atoms with Gasteiger partial charge in [-0.05, 0) is 51.4 Å². The van der Waals surface area contributed by atoms with E-state index in [0.29, 0.717) is 11.5 Å². The second kappa shape index (κ2) is 5.53. The van der Waals surface area contributed by atoms with E-state index in [9.17, 15) is 0 Å². The molecule has 0 aliphatic heterocycles. The van der Waals surface area contributed by atoms with Crippen molar-refractivity contribution in [3.05, 3.63) is 23.7 Å². The van der Waals surface area contributed by atoms with Crippen molar-refractivity contribution in [3.63, 3.8) is 0 Å². The zero-order valence-electron chi connectivity index (χ0n) is 13.1. The maximum absolute atomic E-state index is 5.96. The Morgan fingerprint density at radius 1 is 1.30 bits per heavy atom. The summed E-state index contributed by atoms with van der Waals surface area (Å²) in [5.41, 5.74) is 0.362. The first-order chi connectivity index (χ1) is 9.61. The molecule has 20 heavy (non-hydrogen) atoms. The van der Waals surface area contributed by atoms with Crippen LogP contribution in [0.3, 0.4) is 0 Å². The van der Waals surface area contributed by atoms with Crippen LogP contribution in [0.4, 0.5) is 0 Å². The highest BCUT2D eigenvalue weighted by atomic mass is 16.3. The van der Waals surface area contributed by atoms with Gasteiger partial charge in [-0.1, -0.05) is 19.8 Å². The third-order valence-electron chi connectivity index (χ3n) is 5.39. The van der Waals surface area contributed by atoms with Crippen molar-refractivity contribution in [2.24, 2.45) is 5.92 Å². The monoisotopic (exact) mass is 276 g/mol. The normalized spacial score (nSPS) is 28.2. The summed E-state index contributed by atoms with van der Waals surface area (Å²) in [6.07, 6.45) is 6.66. The van der Waals surface area contributed by atoms with Crippen molar-refractivity contribution >= 4 is 0 Å². The third kappa shape index (κ3) is 2.79. The van der Waals surface area contributed by atoms with Crippen LogP contribution < -0.4 is 5.32 Å². The number of nitrogens with zero attached hydrogens (tertiary/aromatic N) is 1. The first kappa shape index (κ1) is 14.2. The zero-order valence-corrected chi connectivity index (χ0v) is 13.1. The van der Waals surface area contributed by atoms with Crippen LogP contribution in [0.5, 0.6) is 0 Å². The zero-order chi connectivity index (χ0) is 14.2. The van der Waals surface area contributed by atoms with Crippen molar-refractivity contribution in [1.29, 1.82) is 0 Å². The van der Waals surface area contributed by atoms with E-state index in [4.69, 9.17) is 4.42 Å². The molecule has 1 N–H and O–H groups in total. The van der Waals surface area contributed by atoms with E-state index in [0.717, 1.165) is 24.8 Å². The van der Waals surface area contributed by atoms with Gasteiger partial charge in [0.05, 0.1) is 6.54 Å². The van der Waals surface area contributed by atoms with Crippen LogP contribution in [0.25, 0.3) is 0 Å². The maximum Gasteiger partial charge on any atom is 0.117 e. The summed E-state index contributed by atoms with van der Waals surface area (Å²) in [5.74, 6) is 3.78. The van der Waals surface area contributed by atoms with Crippen molar-refractivity contribution in [2.75, 3.05) is 20.6 Å². The molecule has 0 bridgehead atoms. The average Bonchev–Trinajstić information content (AvgIpc) is 2.87. The Hall–Kier alpha value is -0.800. The molecule has 3 heteroatoms. The predicted octanol–water partition coefficient (Wildman–Crippen LogP) is 3.37. The molecule has 2 aliphatic rings. The van der Waals surface area contributed by atoms with Crippen LogP contribution in [-0.4, -0.2) is 31.1 Å². The molecule has 1 aromatic rings. The van der Waals surface area contributed by atoms with E-state index < -0.39 is 0 Å². The third-order valence-corrected chi connectivity index (χ3v) is 5.39. The van der Waals surface area contributed by atoms with Crippen LogP contribution in [-0.2, 0) is 6.54 Å². The lowest BCUT2D eigenvalue weighted by Crippen LogP contribution is -2.49. The summed E-state index contributed by atoms with van der Waals surface area (Å²) < 4.78 is 5.96. The smallest absolute Gasteiger partial charge is 0.117 e. The van der Waals surface area contributed by atoms with Crippen LogP contribution in [0.15, 0.2) is 16.5 Å². The molecule has 1 aromatic heterocycles. The molecule has 0 amide bonds. The van der Waals surface area contributed by atoms with Gasteiger partial charge in [-0.25, -0.2) is 0 Å². The Morgan fingerprint density at radius 2 is 2.00 bits per heavy atom. The molecule has 0 aromatic carbocycles. The van der Waals surface area contributed by atoms with Gasteiger partial charge in [-0.3, -0.25) is 0 Å². The largest absolute Gasteiger partial charge is 0.464 e. The molecule has 0 radical (unpaired) electrons. The minimum atomic E-state index is 0.362. The van der Waals surface area contributed by atoms with Crippen LogP contribution in [0.2, 0.25) is 0 Å². The second-order valence-corrected chi connectivity index (χ2v) is 7.05. The molecule has 2 atom stereocenters. The maximum atomic E-state index is 5.96. The highest BCUT2D eigenvalue weighted by molar-refractivity contribution is 5.17. The number of nitrogens with one attached hydrogen (secondary N) is 1. The van der Waals surface area contributed by atoms with Crippen LogP contribution in [0.1, 0.15) is 56.5 Å². The molecule has 112 valence electrons. The molecule has 1 heterocycles. The van der Waals surface area contributed by atoms with Gasteiger partial charge in [0.1, 0.15) is 11.5 Å². The van der Waals surface area contributed by atoms with Crippen molar-refractivity contribution in [1.82, 2.24) is 10.2 Å². The van der Waals surface area contributed by atoms with Gasteiger partial charge in [0, 0.05) is 18.0 Å². The van der Waals surface area contributed by atoms with Crippen molar-refractivity contribution in [2.45, 2.75) is 57.0 Å². The minimum absolute atomic E-state index is 0.362. The summed E-state index contributed by atoms with van der Waals surface area (Å²) in [6.45, 7) is 4.22. The molecule has 2 fully saturated rings. The van der Waals surface area contributed by atoms with E-state index >= 15 is 0 Å². The summed E-state index contributed by atoms with van der Waals surface area (Å²) in [4.78, 5) is 2.41. The van der Waals surface area contributed by atoms with Crippen LogP contribution >= 0.6 is 0 Å².